The Balaban J connectivity index is 1.60. The zero-order valence-corrected chi connectivity index (χ0v) is 12.7. The maximum atomic E-state index is 12.0. The average Bonchev–Trinajstić information content (AvgIpc) is 3.17. The molecule has 1 saturated carbocycles. The van der Waals surface area contributed by atoms with Gasteiger partial charge in [0.25, 0.3) is 0 Å². The average molecular weight is 288 g/mol. The molecule has 1 aromatic carbocycles. The van der Waals surface area contributed by atoms with Crippen LogP contribution < -0.4 is 10.1 Å². The van der Waals surface area contributed by atoms with Crippen molar-refractivity contribution in [3.05, 3.63) is 29.8 Å². The zero-order valence-electron chi connectivity index (χ0n) is 12.7. The second-order valence-corrected chi connectivity index (χ2v) is 5.97. The summed E-state index contributed by atoms with van der Waals surface area (Å²) >= 11 is 0. The van der Waals surface area contributed by atoms with E-state index in [4.69, 9.17) is 4.74 Å². The van der Waals surface area contributed by atoms with Crippen molar-refractivity contribution < 1.29 is 9.53 Å². The van der Waals surface area contributed by atoms with Crippen LogP contribution in [0.25, 0.3) is 0 Å². The fraction of sp³-hybridized carbons (Fsp3) is 0.588. The van der Waals surface area contributed by atoms with Crippen LogP contribution in [0, 0.1) is 0 Å². The van der Waals surface area contributed by atoms with Gasteiger partial charge in [0.15, 0.2) is 0 Å². The maximum absolute atomic E-state index is 12.0. The van der Waals surface area contributed by atoms with Crippen LogP contribution >= 0.6 is 0 Å². The number of carbonyl (C=O) groups is 1. The van der Waals surface area contributed by atoms with Gasteiger partial charge in [0, 0.05) is 12.1 Å². The molecule has 0 spiro atoms. The van der Waals surface area contributed by atoms with E-state index in [0.29, 0.717) is 25.2 Å². The number of likely N-dealkylation sites (tertiary alicyclic amines) is 1. The molecule has 0 aromatic heterocycles. The second-order valence-electron chi connectivity index (χ2n) is 5.97. The van der Waals surface area contributed by atoms with Gasteiger partial charge in [-0.05, 0) is 56.8 Å². The Hall–Kier alpha value is -1.55. The van der Waals surface area contributed by atoms with E-state index in [-0.39, 0.29) is 5.91 Å². The number of benzene rings is 1. The van der Waals surface area contributed by atoms with Crippen molar-refractivity contribution in [2.75, 3.05) is 19.7 Å². The molecular formula is C17H24N2O2. The molecule has 114 valence electrons. The number of carbonyl (C=O) groups excluding carboxylic acids is 1. The minimum absolute atomic E-state index is 0.176. The number of ether oxygens (including phenoxy) is 1. The first-order valence-electron chi connectivity index (χ1n) is 8.02. The van der Waals surface area contributed by atoms with E-state index in [9.17, 15) is 4.79 Å². The highest BCUT2D eigenvalue weighted by atomic mass is 16.5. The third-order valence-electron chi connectivity index (χ3n) is 4.23. The Morgan fingerprint density at radius 1 is 1.29 bits per heavy atom. The van der Waals surface area contributed by atoms with Gasteiger partial charge >= 0.3 is 0 Å². The Bertz CT molecular complexity index is 482. The molecule has 0 unspecified atom stereocenters. The number of hydrogen-bond donors (Lipinski definition) is 1. The molecule has 1 N–H and O–H groups in total. The summed E-state index contributed by atoms with van der Waals surface area (Å²) in [5.41, 5.74) is 1.29. The SMILES string of the molecule is CCOc1ccc([C@H]2CCCN2CC(=O)NC2CC2)cc1. The van der Waals surface area contributed by atoms with Crippen molar-refractivity contribution in [1.29, 1.82) is 0 Å². The molecule has 1 aliphatic carbocycles. The Kier molecular flexibility index (Phi) is 4.44. The van der Waals surface area contributed by atoms with Crippen molar-refractivity contribution in [3.63, 3.8) is 0 Å². The highest BCUT2D eigenvalue weighted by Gasteiger charge is 2.29. The quantitative estimate of drug-likeness (QED) is 0.874. The lowest BCUT2D eigenvalue weighted by molar-refractivity contribution is -0.122. The van der Waals surface area contributed by atoms with Gasteiger partial charge in [-0.3, -0.25) is 9.69 Å². The molecule has 1 atom stereocenters. The summed E-state index contributed by atoms with van der Waals surface area (Å²) in [5.74, 6) is 1.09. The number of nitrogens with one attached hydrogen (secondary N) is 1. The summed E-state index contributed by atoms with van der Waals surface area (Å²) in [6, 6.07) is 9.13. The summed E-state index contributed by atoms with van der Waals surface area (Å²) in [6.07, 6.45) is 4.58. The normalized spacial score (nSPS) is 22.2. The summed E-state index contributed by atoms with van der Waals surface area (Å²) in [6.45, 7) is 4.21. The highest BCUT2D eigenvalue weighted by Crippen LogP contribution is 2.32. The second kappa shape index (κ2) is 6.48. The Morgan fingerprint density at radius 2 is 2.05 bits per heavy atom. The van der Waals surface area contributed by atoms with Crippen LogP contribution in [0.3, 0.4) is 0 Å². The Labute approximate surface area is 126 Å². The van der Waals surface area contributed by atoms with Crippen LogP contribution in [0.2, 0.25) is 0 Å². The van der Waals surface area contributed by atoms with E-state index < -0.39 is 0 Å². The van der Waals surface area contributed by atoms with Gasteiger partial charge < -0.3 is 10.1 Å². The predicted octanol–water partition coefficient (Wildman–Crippen LogP) is 2.50. The molecule has 1 heterocycles. The fourth-order valence-corrected chi connectivity index (χ4v) is 3.03. The van der Waals surface area contributed by atoms with E-state index >= 15 is 0 Å². The lowest BCUT2D eigenvalue weighted by atomic mass is 10.0. The van der Waals surface area contributed by atoms with E-state index in [2.05, 4.69) is 22.3 Å². The third kappa shape index (κ3) is 3.76. The van der Waals surface area contributed by atoms with Gasteiger partial charge in [0.2, 0.25) is 5.91 Å². The molecule has 2 aliphatic rings. The van der Waals surface area contributed by atoms with Gasteiger partial charge in [-0.25, -0.2) is 0 Å². The van der Waals surface area contributed by atoms with Crippen molar-refractivity contribution in [2.45, 2.75) is 44.7 Å². The zero-order chi connectivity index (χ0) is 14.7. The van der Waals surface area contributed by atoms with Gasteiger partial charge in [0.1, 0.15) is 5.75 Å². The smallest absolute Gasteiger partial charge is 0.234 e. The van der Waals surface area contributed by atoms with Gasteiger partial charge in [0.05, 0.1) is 13.2 Å². The maximum Gasteiger partial charge on any atom is 0.234 e. The number of rotatable bonds is 6. The fourth-order valence-electron chi connectivity index (χ4n) is 3.03. The van der Waals surface area contributed by atoms with Crippen LogP contribution in [0.1, 0.15) is 44.2 Å². The number of hydrogen-bond acceptors (Lipinski definition) is 3. The minimum Gasteiger partial charge on any atom is -0.494 e. The molecule has 1 saturated heterocycles. The van der Waals surface area contributed by atoms with Gasteiger partial charge in [-0.15, -0.1) is 0 Å². The van der Waals surface area contributed by atoms with Crippen molar-refractivity contribution in [2.24, 2.45) is 0 Å². The largest absolute Gasteiger partial charge is 0.494 e. The molecule has 2 fully saturated rings. The lowest BCUT2D eigenvalue weighted by Gasteiger charge is -2.24. The topological polar surface area (TPSA) is 41.6 Å². The molecule has 1 amide bonds. The molecular weight excluding hydrogens is 264 g/mol. The summed E-state index contributed by atoms with van der Waals surface area (Å²) in [7, 11) is 0. The van der Waals surface area contributed by atoms with Crippen LogP contribution in [0.4, 0.5) is 0 Å². The molecule has 4 nitrogen and oxygen atoms in total. The molecule has 1 aromatic rings. The molecule has 4 heteroatoms. The van der Waals surface area contributed by atoms with Crippen LogP contribution in [0.15, 0.2) is 24.3 Å². The predicted molar refractivity (Wildman–Crippen MR) is 82.3 cm³/mol. The first-order valence-corrected chi connectivity index (χ1v) is 8.02. The van der Waals surface area contributed by atoms with E-state index in [0.717, 1.165) is 38.0 Å². The first kappa shape index (κ1) is 14.4. The molecule has 3 rings (SSSR count). The highest BCUT2D eigenvalue weighted by molar-refractivity contribution is 5.78. The van der Waals surface area contributed by atoms with Crippen molar-refractivity contribution in [1.82, 2.24) is 10.2 Å². The van der Waals surface area contributed by atoms with Gasteiger partial charge in [-0.1, -0.05) is 12.1 Å². The molecule has 0 radical (unpaired) electrons. The summed E-state index contributed by atoms with van der Waals surface area (Å²) in [5, 5.41) is 3.08. The van der Waals surface area contributed by atoms with Crippen LogP contribution in [-0.2, 0) is 4.79 Å². The molecule has 0 bridgehead atoms. The minimum atomic E-state index is 0.176. The lowest BCUT2D eigenvalue weighted by Crippen LogP contribution is -2.37. The van der Waals surface area contributed by atoms with Gasteiger partial charge in [-0.2, -0.15) is 0 Å². The monoisotopic (exact) mass is 288 g/mol. The third-order valence-corrected chi connectivity index (χ3v) is 4.23. The van der Waals surface area contributed by atoms with Crippen LogP contribution in [-0.4, -0.2) is 36.5 Å². The van der Waals surface area contributed by atoms with E-state index in [1.165, 1.54) is 5.56 Å². The first-order chi connectivity index (χ1) is 10.3. The molecule has 1 aliphatic heterocycles. The van der Waals surface area contributed by atoms with Crippen molar-refractivity contribution in [3.8, 4) is 5.75 Å². The number of amides is 1. The van der Waals surface area contributed by atoms with Crippen LogP contribution in [0.5, 0.6) is 5.75 Å². The summed E-state index contributed by atoms with van der Waals surface area (Å²) < 4.78 is 5.49. The van der Waals surface area contributed by atoms with E-state index in [1.54, 1.807) is 0 Å². The summed E-state index contributed by atoms with van der Waals surface area (Å²) in [4.78, 5) is 14.3. The molecule has 21 heavy (non-hydrogen) atoms. The van der Waals surface area contributed by atoms with E-state index in [1.807, 2.05) is 19.1 Å². The standard InChI is InChI=1S/C17H24N2O2/c1-2-21-15-9-5-13(6-10-15)16-4-3-11-19(16)12-17(20)18-14-7-8-14/h5-6,9-10,14,16H,2-4,7-8,11-12H2,1H3,(H,18,20)/t16-/m1/s1. The number of nitrogens with zero attached hydrogens (tertiary/aromatic N) is 1. The Morgan fingerprint density at radius 3 is 2.71 bits per heavy atom. The van der Waals surface area contributed by atoms with Crippen molar-refractivity contribution >= 4 is 5.91 Å².